The number of hydrogen-bond acceptors (Lipinski definition) is 4. The van der Waals surface area contributed by atoms with E-state index in [9.17, 15) is 9.59 Å². The molecule has 1 aromatic heterocycles. The summed E-state index contributed by atoms with van der Waals surface area (Å²) in [6, 6.07) is 20.1. The van der Waals surface area contributed by atoms with Gasteiger partial charge in [0.2, 0.25) is 0 Å². The van der Waals surface area contributed by atoms with Crippen LogP contribution in [0.2, 0.25) is 0 Å². The first-order valence-electron chi connectivity index (χ1n) is 11.1. The summed E-state index contributed by atoms with van der Waals surface area (Å²) in [7, 11) is 0. The van der Waals surface area contributed by atoms with Crippen molar-refractivity contribution in [1.82, 2.24) is 9.80 Å². The average molecular weight is 446 g/mol. The first-order chi connectivity index (χ1) is 15.6. The van der Waals surface area contributed by atoms with Gasteiger partial charge >= 0.3 is 0 Å². The zero-order valence-corrected chi connectivity index (χ0v) is 18.7. The van der Waals surface area contributed by atoms with Crippen LogP contribution < -0.4 is 5.73 Å². The number of benzene rings is 2. The lowest BCUT2D eigenvalue weighted by Crippen LogP contribution is -2.61. The number of carbonyl (C=O) groups excluding carboxylic acids is 2. The van der Waals surface area contributed by atoms with Crippen molar-refractivity contribution < 1.29 is 9.59 Å². The van der Waals surface area contributed by atoms with Gasteiger partial charge in [-0.3, -0.25) is 9.59 Å². The van der Waals surface area contributed by atoms with E-state index in [4.69, 9.17) is 5.73 Å². The van der Waals surface area contributed by atoms with Crippen LogP contribution in [0.25, 0.3) is 0 Å². The summed E-state index contributed by atoms with van der Waals surface area (Å²) in [5.74, 6) is 0.342. The Kier molecular flexibility index (Phi) is 5.81. The van der Waals surface area contributed by atoms with Crippen molar-refractivity contribution in [2.24, 2.45) is 11.7 Å². The van der Waals surface area contributed by atoms with Crippen LogP contribution in [0.4, 0.5) is 0 Å². The Bertz CT molecular complexity index is 1080. The summed E-state index contributed by atoms with van der Waals surface area (Å²) in [6.45, 7) is 1.99. The lowest BCUT2D eigenvalue weighted by Gasteiger charge is -2.46. The molecule has 32 heavy (non-hydrogen) atoms. The number of carbonyl (C=O) groups is 2. The third-order valence-electron chi connectivity index (χ3n) is 6.66. The maximum Gasteiger partial charge on any atom is 0.255 e. The topological polar surface area (TPSA) is 66.6 Å². The van der Waals surface area contributed by atoms with Crippen LogP contribution in [0.3, 0.4) is 0 Å². The van der Waals surface area contributed by atoms with Gasteiger partial charge in [-0.25, -0.2) is 0 Å². The van der Waals surface area contributed by atoms with Crippen LogP contribution in [-0.4, -0.2) is 53.3 Å². The molecule has 0 radical (unpaired) electrons. The minimum absolute atomic E-state index is 0.000279. The van der Waals surface area contributed by atoms with Crippen molar-refractivity contribution in [3.05, 3.63) is 93.7 Å². The van der Waals surface area contributed by atoms with Gasteiger partial charge in [-0.2, -0.15) is 11.3 Å². The molecule has 2 saturated heterocycles. The summed E-state index contributed by atoms with van der Waals surface area (Å²) >= 11 is 1.53. The molecule has 0 aliphatic carbocycles. The minimum atomic E-state index is -0.0305. The molecular weight excluding hydrogens is 418 g/mol. The highest BCUT2D eigenvalue weighted by atomic mass is 32.1. The SMILES string of the molecule is NC1CCN(C(=O)c2ccsc2)C1C1CN(C(=O)c2ccc(Cc3ccccc3)cc2)C1. The molecule has 0 saturated carbocycles. The fraction of sp³-hybridized carbons (Fsp3) is 0.308. The van der Waals surface area contributed by atoms with Gasteiger partial charge in [-0.15, -0.1) is 0 Å². The zero-order chi connectivity index (χ0) is 22.1. The molecule has 2 aromatic carbocycles. The van der Waals surface area contributed by atoms with Crippen LogP contribution in [0.15, 0.2) is 71.4 Å². The monoisotopic (exact) mass is 445 g/mol. The molecule has 2 fully saturated rings. The average Bonchev–Trinajstić information content (AvgIpc) is 3.44. The smallest absolute Gasteiger partial charge is 0.255 e. The molecule has 2 unspecified atom stereocenters. The molecular formula is C26H27N3O2S. The van der Waals surface area contributed by atoms with Crippen LogP contribution >= 0.6 is 11.3 Å². The highest BCUT2D eigenvalue weighted by molar-refractivity contribution is 7.08. The molecule has 2 aliphatic heterocycles. The third-order valence-corrected chi connectivity index (χ3v) is 7.35. The Labute approximate surface area is 192 Å². The fourth-order valence-electron chi connectivity index (χ4n) is 4.91. The third kappa shape index (κ3) is 4.08. The molecule has 3 heterocycles. The van der Waals surface area contributed by atoms with Gasteiger partial charge < -0.3 is 15.5 Å². The van der Waals surface area contributed by atoms with Gasteiger partial charge in [-0.1, -0.05) is 42.5 Å². The van der Waals surface area contributed by atoms with E-state index in [1.165, 1.54) is 22.5 Å². The molecule has 2 aliphatic rings. The lowest BCUT2D eigenvalue weighted by molar-refractivity contribution is 0.0244. The molecule has 0 spiro atoms. The largest absolute Gasteiger partial charge is 0.338 e. The first-order valence-corrected chi connectivity index (χ1v) is 12.1. The summed E-state index contributed by atoms with van der Waals surface area (Å²) in [6.07, 6.45) is 1.67. The molecule has 2 atom stereocenters. The second-order valence-corrected chi connectivity index (χ2v) is 9.56. The van der Waals surface area contributed by atoms with Crippen molar-refractivity contribution in [3.63, 3.8) is 0 Å². The molecule has 164 valence electrons. The van der Waals surface area contributed by atoms with Crippen molar-refractivity contribution in [2.45, 2.75) is 24.9 Å². The van der Waals surface area contributed by atoms with E-state index >= 15 is 0 Å². The Morgan fingerprint density at radius 3 is 2.31 bits per heavy atom. The Morgan fingerprint density at radius 2 is 1.62 bits per heavy atom. The quantitative estimate of drug-likeness (QED) is 0.652. The standard InChI is InChI=1S/C26H27N3O2S/c27-23-10-12-29(26(31)21-11-13-32-17-21)24(23)22-15-28(16-22)25(30)20-8-6-19(7-9-20)14-18-4-2-1-3-5-18/h1-9,11,13,17,22-24H,10,12,14-16,27H2. The van der Waals surface area contributed by atoms with Crippen molar-refractivity contribution >= 4 is 23.2 Å². The normalized spacial score (nSPS) is 20.9. The van der Waals surface area contributed by atoms with Gasteiger partial charge in [0.05, 0.1) is 11.6 Å². The second kappa shape index (κ2) is 8.88. The number of thiophene rings is 1. The summed E-state index contributed by atoms with van der Waals surface area (Å²) in [4.78, 5) is 29.7. The number of nitrogens with two attached hydrogens (primary N) is 1. The predicted molar refractivity (Wildman–Crippen MR) is 127 cm³/mol. The van der Waals surface area contributed by atoms with E-state index in [0.29, 0.717) is 25.2 Å². The van der Waals surface area contributed by atoms with Crippen LogP contribution in [-0.2, 0) is 6.42 Å². The minimum Gasteiger partial charge on any atom is -0.338 e. The number of amides is 2. The molecule has 2 N–H and O–H groups in total. The van der Waals surface area contributed by atoms with E-state index in [0.717, 1.165) is 18.4 Å². The van der Waals surface area contributed by atoms with Crippen molar-refractivity contribution in [1.29, 1.82) is 0 Å². The van der Waals surface area contributed by atoms with Crippen LogP contribution in [0, 0.1) is 5.92 Å². The Morgan fingerprint density at radius 1 is 0.906 bits per heavy atom. The molecule has 5 rings (SSSR count). The van der Waals surface area contributed by atoms with E-state index in [2.05, 4.69) is 12.1 Å². The van der Waals surface area contributed by atoms with Crippen molar-refractivity contribution in [2.75, 3.05) is 19.6 Å². The van der Waals surface area contributed by atoms with Gasteiger partial charge in [0.25, 0.3) is 11.8 Å². The molecule has 0 bridgehead atoms. The number of hydrogen-bond donors (Lipinski definition) is 1. The molecule has 3 aromatic rings. The summed E-state index contributed by atoms with van der Waals surface area (Å²) < 4.78 is 0. The van der Waals surface area contributed by atoms with E-state index in [-0.39, 0.29) is 29.8 Å². The highest BCUT2D eigenvalue weighted by Crippen LogP contribution is 2.32. The predicted octanol–water partition coefficient (Wildman–Crippen LogP) is 3.65. The van der Waals surface area contributed by atoms with Gasteiger partial charge in [0, 0.05) is 42.5 Å². The van der Waals surface area contributed by atoms with Crippen molar-refractivity contribution in [3.8, 4) is 0 Å². The van der Waals surface area contributed by atoms with E-state index < -0.39 is 0 Å². The molecule has 5 nitrogen and oxygen atoms in total. The number of likely N-dealkylation sites (tertiary alicyclic amines) is 2. The number of rotatable bonds is 5. The summed E-state index contributed by atoms with van der Waals surface area (Å²) in [5, 5.41) is 3.81. The maximum atomic E-state index is 13.0. The lowest BCUT2D eigenvalue weighted by atomic mass is 9.86. The van der Waals surface area contributed by atoms with E-state index in [1.54, 1.807) is 0 Å². The van der Waals surface area contributed by atoms with Gasteiger partial charge in [0.1, 0.15) is 0 Å². The molecule has 2 amide bonds. The fourth-order valence-corrected chi connectivity index (χ4v) is 5.54. The van der Waals surface area contributed by atoms with E-state index in [1.807, 2.05) is 69.1 Å². The van der Waals surface area contributed by atoms with Gasteiger partial charge in [-0.05, 0) is 47.5 Å². The van der Waals surface area contributed by atoms with Crippen LogP contribution in [0.5, 0.6) is 0 Å². The molecule has 6 heteroatoms. The van der Waals surface area contributed by atoms with Crippen LogP contribution in [0.1, 0.15) is 38.3 Å². The zero-order valence-electron chi connectivity index (χ0n) is 17.9. The maximum absolute atomic E-state index is 13.0. The highest BCUT2D eigenvalue weighted by Gasteiger charge is 2.46. The summed E-state index contributed by atoms with van der Waals surface area (Å²) in [5.41, 5.74) is 10.3. The van der Waals surface area contributed by atoms with Gasteiger partial charge in [0.15, 0.2) is 0 Å². The second-order valence-electron chi connectivity index (χ2n) is 8.78. The Hall–Kier alpha value is -2.96. The Balaban J connectivity index is 1.20. The first kappa shape index (κ1) is 20.9. The number of nitrogens with zero attached hydrogens (tertiary/aromatic N) is 2.